The van der Waals surface area contributed by atoms with Crippen molar-refractivity contribution in [2.24, 2.45) is 7.05 Å². The molecular weight excluding hydrogens is 264 g/mol. The molecule has 17 heavy (non-hydrogen) atoms. The van der Waals surface area contributed by atoms with Gasteiger partial charge in [-0.3, -0.25) is 0 Å². The fourth-order valence-electron chi connectivity index (χ4n) is 1.12. The average Bonchev–Trinajstić information content (AvgIpc) is 2.43. The minimum Gasteiger partial charge on any atom is -0.207 e. The van der Waals surface area contributed by atoms with E-state index in [0.717, 1.165) is 7.05 Å². The van der Waals surface area contributed by atoms with Crippen LogP contribution in [-0.2, 0) is 12.8 Å². The van der Waals surface area contributed by atoms with Gasteiger partial charge in [0.05, 0.1) is 7.05 Å². The molecule has 0 saturated carbocycles. The van der Waals surface area contributed by atoms with Crippen LogP contribution in [0.2, 0.25) is 0 Å². The summed E-state index contributed by atoms with van der Waals surface area (Å²) in [6, 6.07) is 0. The van der Waals surface area contributed by atoms with Crippen LogP contribution in [0.1, 0.15) is 0 Å². The van der Waals surface area contributed by atoms with E-state index in [2.05, 4.69) is 0 Å². The molecule has 0 fully saturated rings. The van der Waals surface area contributed by atoms with E-state index < -0.39 is 28.8 Å². The Balaban J connectivity index is 3.52. The number of halogens is 8. The third-order valence-electron chi connectivity index (χ3n) is 2.01. The fourth-order valence-corrected chi connectivity index (χ4v) is 1.12. The van der Waals surface area contributed by atoms with Crippen LogP contribution >= 0.6 is 0 Å². The lowest BCUT2D eigenvalue weighted by molar-refractivity contribution is -0.701. The number of hydrogen-bond donors (Lipinski definition) is 0. The van der Waals surface area contributed by atoms with E-state index in [1.165, 1.54) is 0 Å². The topological polar surface area (TPSA) is 8.81 Å². The van der Waals surface area contributed by atoms with E-state index in [1.54, 1.807) is 0 Å². The second-order valence-corrected chi connectivity index (χ2v) is 3.17. The number of nitrogens with zero attached hydrogens (tertiary/aromatic N) is 2. The highest BCUT2D eigenvalue weighted by Crippen LogP contribution is 2.49. The average molecular weight is 269 g/mol. The maximum atomic E-state index is 13.3. The SMILES string of the molecule is C[n+]1ccn(C(F)(C(F)(F)F)C(F)(F)F)c1F. The Hall–Kier alpha value is -1.35. The molecule has 0 saturated heterocycles. The van der Waals surface area contributed by atoms with E-state index in [-0.39, 0.29) is 10.8 Å². The van der Waals surface area contributed by atoms with E-state index in [1.807, 2.05) is 0 Å². The van der Waals surface area contributed by atoms with Crippen LogP contribution in [0.3, 0.4) is 0 Å². The molecule has 1 aromatic rings. The van der Waals surface area contributed by atoms with Gasteiger partial charge in [-0.05, 0) is 0 Å². The van der Waals surface area contributed by atoms with Gasteiger partial charge in [-0.1, -0.05) is 0 Å². The van der Waals surface area contributed by atoms with Gasteiger partial charge in [0.2, 0.25) is 0 Å². The number of alkyl halides is 7. The van der Waals surface area contributed by atoms with E-state index in [9.17, 15) is 35.1 Å². The summed E-state index contributed by atoms with van der Waals surface area (Å²) in [6.45, 7) is 0. The normalized spacial score (nSPS) is 14.2. The summed E-state index contributed by atoms with van der Waals surface area (Å²) in [7, 11) is 0.832. The highest BCUT2D eigenvalue weighted by Gasteiger charge is 2.79. The van der Waals surface area contributed by atoms with Crippen LogP contribution in [0.15, 0.2) is 12.4 Å². The molecule has 1 aromatic heterocycles. The number of rotatable bonds is 1. The number of aryl methyl sites for hydroxylation is 1. The second kappa shape index (κ2) is 3.57. The van der Waals surface area contributed by atoms with Crippen molar-refractivity contribution in [1.29, 1.82) is 0 Å². The van der Waals surface area contributed by atoms with E-state index in [0.29, 0.717) is 6.20 Å². The zero-order valence-electron chi connectivity index (χ0n) is 8.07. The first-order chi connectivity index (χ1) is 7.43. The van der Waals surface area contributed by atoms with Crippen molar-refractivity contribution in [1.82, 2.24) is 4.57 Å². The number of imidazole rings is 1. The smallest absolute Gasteiger partial charge is 0.207 e. The van der Waals surface area contributed by atoms with Crippen molar-refractivity contribution in [3.8, 4) is 0 Å². The van der Waals surface area contributed by atoms with Crippen LogP contribution in [0, 0.1) is 6.08 Å². The lowest BCUT2D eigenvalue weighted by atomic mass is 10.2. The van der Waals surface area contributed by atoms with E-state index >= 15 is 0 Å². The molecule has 0 aromatic carbocycles. The van der Waals surface area contributed by atoms with Crippen molar-refractivity contribution in [3.63, 3.8) is 0 Å². The quantitative estimate of drug-likeness (QED) is 0.546. The molecule has 2 nitrogen and oxygen atoms in total. The molecule has 98 valence electrons. The predicted octanol–water partition coefficient (Wildman–Crippen LogP) is 2.20. The molecule has 0 N–H and O–H groups in total. The van der Waals surface area contributed by atoms with Gasteiger partial charge in [0, 0.05) is 0 Å². The van der Waals surface area contributed by atoms with Crippen LogP contribution in [-0.4, -0.2) is 16.9 Å². The van der Waals surface area contributed by atoms with Gasteiger partial charge in [-0.15, -0.1) is 4.39 Å². The molecule has 0 spiro atoms. The molecular formula is C7H5F8N2+. The Kier molecular flexibility index (Phi) is 2.88. The van der Waals surface area contributed by atoms with Crippen LogP contribution < -0.4 is 4.57 Å². The van der Waals surface area contributed by atoms with Crippen LogP contribution in [0.25, 0.3) is 0 Å². The summed E-state index contributed by atoms with van der Waals surface area (Å²) < 4.78 is 98.5. The highest BCUT2D eigenvalue weighted by atomic mass is 19.4. The largest absolute Gasteiger partial charge is 0.474 e. The standard InChI is InChI=1S/C7H5F8N2/c1-16-2-3-17(4(16)8)5(9,6(10,11)12)7(13,14)15/h2-3H,1H3/q+1. The highest BCUT2D eigenvalue weighted by molar-refractivity contribution is 4.93. The lowest BCUT2D eigenvalue weighted by Crippen LogP contribution is -2.56. The summed E-state index contributed by atoms with van der Waals surface area (Å²) in [5.74, 6) is -5.80. The summed E-state index contributed by atoms with van der Waals surface area (Å²) in [5, 5.41) is 0. The fraction of sp³-hybridized carbons (Fsp3) is 0.571. The minimum atomic E-state index is -6.34. The van der Waals surface area contributed by atoms with Gasteiger partial charge in [-0.2, -0.15) is 35.3 Å². The first kappa shape index (κ1) is 13.7. The monoisotopic (exact) mass is 269 g/mol. The van der Waals surface area contributed by atoms with Gasteiger partial charge < -0.3 is 0 Å². The molecule has 0 aliphatic carbocycles. The molecule has 10 heteroatoms. The van der Waals surface area contributed by atoms with Crippen molar-refractivity contribution >= 4 is 0 Å². The van der Waals surface area contributed by atoms with Gasteiger partial charge in [0.15, 0.2) is 0 Å². The maximum absolute atomic E-state index is 13.3. The predicted molar refractivity (Wildman–Crippen MR) is 36.8 cm³/mol. The Labute approximate surface area is 89.1 Å². The molecule has 0 aliphatic rings. The zero-order valence-corrected chi connectivity index (χ0v) is 8.07. The second-order valence-electron chi connectivity index (χ2n) is 3.17. The number of hydrogen-bond acceptors (Lipinski definition) is 0. The molecule has 0 radical (unpaired) electrons. The molecule has 0 amide bonds. The molecule has 1 heterocycles. The lowest BCUT2D eigenvalue weighted by Gasteiger charge is -2.26. The van der Waals surface area contributed by atoms with Crippen molar-refractivity contribution in [2.75, 3.05) is 0 Å². The number of aromatic nitrogens is 2. The first-order valence-electron chi connectivity index (χ1n) is 3.98. The Bertz CT molecular complexity index is 400. The molecule has 0 unspecified atom stereocenters. The molecule has 0 atom stereocenters. The minimum absolute atomic E-state index is 0.0241. The summed E-state index contributed by atoms with van der Waals surface area (Å²) >= 11 is 0. The summed E-state index contributed by atoms with van der Waals surface area (Å²) in [5.41, 5.74) is 0. The van der Waals surface area contributed by atoms with Gasteiger partial charge in [0.25, 0.3) is 0 Å². The summed E-state index contributed by atoms with van der Waals surface area (Å²) in [4.78, 5) is 0. The van der Waals surface area contributed by atoms with Crippen LogP contribution in [0.5, 0.6) is 0 Å². The maximum Gasteiger partial charge on any atom is 0.474 e. The van der Waals surface area contributed by atoms with Gasteiger partial charge in [-0.25, -0.2) is 4.57 Å². The van der Waals surface area contributed by atoms with Crippen LogP contribution in [0.4, 0.5) is 35.1 Å². The molecule has 0 bridgehead atoms. The van der Waals surface area contributed by atoms with Crippen molar-refractivity contribution in [2.45, 2.75) is 18.1 Å². The Morgan fingerprint density at radius 1 is 1.00 bits per heavy atom. The van der Waals surface area contributed by atoms with Gasteiger partial charge >= 0.3 is 24.2 Å². The Morgan fingerprint density at radius 2 is 1.41 bits per heavy atom. The first-order valence-corrected chi connectivity index (χ1v) is 3.98. The van der Waals surface area contributed by atoms with Crippen molar-refractivity contribution in [3.05, 3.63) is 18.5 Å². The Morgan fingerprint density at radius 3 is 1.65 bits per heavy atom. The third kappa shape index (κ3) is 1.84. The summed E-state index contributed by atoms with van der Waals surface area (Å²) in [6.07, 6.45) is -14.1. The van der Waals surface area contributed by atoms with Crippen molar-refractivity contribution < 1.29 is 39.7 Å². The molecule has 1 rings (SSSR count). The van der Waals surface area contributed by atoms with E-state index in [4.69, 9.17) is 0 Å². The third-order valence-corrected chi connectivity index (χ3v) is 2.01. The molecule has 0 aliphatic heterocycles. The van der Waals surface area contributed by atoms with Gasteiger partial charge in [0.1, 0.15) is 12.4 Å². The zero-order chi connectivity index (χ0) is 13.6.